The molecule has 0 bridgehead atoms. The maximum atomic E-state index is 12.5. The third-order valence-electron chi connectivity index (χ3n) is 4.25. The van der Waals surface area contributed by atoms with E-state index in [1.54, 1.807) is 32.4 Å². The number of para-hydroxylation sites is 2. The molecule has 0 unspecified atom stereocenters. The first-order valence-electron chi connectivity index (χ1n) is 8.85. The zero-order valence-electron chi connectivity index (χ0n) is 16.4. The molecule has 0 saturated heterocycles. The van der Waals surface area contributed by atoms with Crippen LogP contribution in [0.15, 0.2) is 54.6 Å². The molecule has 1 aromatic heterocycles. The third kappa shape index (κ3) is 4.23. The van der Waals surface area contributed by atoms with Crippen molar-refractivity contribution in [3.63, 3.8) is 0 Å². The van der Waals surface area contributed by atoms with Crippen LogP contribution in [0.25, 0.3) is 11.8 Å². The fourth-order valence-corrected chi connectivity index (χ4v) is 2.95. The number of ether oxygens (including phenoxy) is 2. The summed E-state index contributed by atoms with van der Waals surface area (Å²) < 4.78 is 12.4. The van der Waals surface area contributed by atoms with Crippen molar-refractivity contribution in [1.29, 1.82) is 0 Å². The van der Waals surface area contributed by atoms with Gasteiger partial charge in [-0.2, -0.15) is 5.10 Å². The zero-order valence-corrected chi connectivity index (χ0v) is 16.4. The molecule has 0 aliphatic rings. The van der Waals surface area contributed by atoms with Crippen LogP contribution >= 0.6 is 0 Å². The van der Waals surface area contributed by atoms with Gasteiger partial charge in [-0.15, -0.1) is 0 Å². The molecule has 3 rings (SSSR count). The number of carbonyl (C=O) groups excluding carboxylic acids is 1. The molecule has 0 aliphatic heterocycles. The standard InChI is InChI=1S/C22H23N3O3/c1-15-13-16(2)25(24-15)20-8-6-5-7-19(20)23-22(26)12-9-17-14-18(27-3)10-11-21(17)28-4/h5-14H,1-4H3,(H,23,26)/b12-9+. The van der Waals surface area contributed by atoms with Gasteiger partial charge in [0, 0.05) is 17.3 Å². The first-order chi connectivity index (χ1) is 13.5. The Morgan fingerprint density at radius 2 is 1.86 bits per heavy atom. The predicted octanol–water partition coefficient (Wildman–Crippen LogP) is 4.16. The number of rotatable bonds is 6. The van der Waals surface area contributed by atoms with Gasteiger partial charge in [-0.05, 0) is 56.3 Å². The second-order valence-corrected chi connectivity index (χ2v) is 6.29. The van der Waals surface area contributed by atoms with Crippen LogP contribution in [0.3, 0.4) is 0 Å². The second-order valence-electron chi connectivity index (χ2n) is 6.29. The van der Waals surface area contributed by atoms with Crippen molar-refractivity contribution in [1.82, 2.24) is 9.78 Å². The van der Waals surface area contributed by atoms with Crippen molar-refractivity contribution in [3.05, 3.63) is 71.6 Å². The molecule has 0 atom stereocenters. The summed E-state index contributed by atoms with van der Waals surface area (Å²) in [6, 6.07) is 15.0. The molecule has 0 aliphatic carbocycles. The Balaban J connectivity index is 1.83. The van der Waals surface area contributed by atoms with Crippen LogP contribution in [0.4, 0.5) is 5.69 Å². The molecule has 6 nitrogen and oxygen atoms in total. The van der Waals surface area contributed by atoms with Crippen molar-refractivity contribution in [2.24, 2.45) is 0 Å². The number of nitrogens with zero attached hydrogens (tertiary/aromatic N) is 2. The van der Waals surface area contributed by atoms with Crippen LogP contribution in [0.2, 0.25) is 0 Å². The topological polar surface area (TPSA) is 65.4 Å². The SMILES string of the molecule is COc1ccc(OC)c(/C=C/C(=O)Nc2ccccc2-n2nc(C)cc2C)c1. The number of aromatic nitrogens is 2. The number of nitrogens with one attached hydrogen (secondary N) is 1. The molecule has 28 heavy (non-hydrogen) atoms. The van der Waals surface area contributed by atoms with Crippen LogP contribution < -0.4 is 14.8 Å². The minimum atomic E-state index is -0.251. The summed E-state index contributed by atoms with van der Waals surface area (Å²) in [7, 11) is 3.18. The second kappa shape index (κ2) is 8.43. The van der Waals surface area contributed by atoms with Gasteiger partial charge in [0.2, 0.25) is 5.91 Å². The molecule has 0 saturated carbocycles. The van der Waals surface area contributed by atoms with E-state index in [-0.39, 0.29) is 5.91 Å². The summed E-state index contributed by atoms with van der Waals surface area (Å²) in [4.78, 5) is 12.5. The number of methoxy groups -OCH3 is 2. The van der Waals surface area contributed by atoms with E-state index in [1.807, 2.05) is 54.9 Å². The maximum absolute atomic E-state index is 12.5. The lowest BCUT2D eigenvalue weighted by molar-refractivity contribution is -0.111. The van der Waals surface area contributed by atoms with Crippen LogP contribution in [0.1, 0.15) is 17.0 Å². The smallest absolute Gasteiger partial charge is 0.248 e. The van der Waals surface area contributed by atoms with Crippen molar-refractivity contribution in [2.75, 3.05) is 19.5 Å². The predicted molar refractivity (Wildman–Crippen MR) is 110 cm³/mol. The van der Waals surface area contributed by atoms with Gasteiger partial charge in [0.1, 0.15) is 11.5 Å². The summed E-state index contributed by atoms with van der Waals surface area (Å²) >= 11 is 0. The largest absolute Gasteiger partial charge is 0.497 e. The lowest BCUT2D eigenvalue weighted by atomic mass is 10.1. The lowest BCUT2D eigenvalue weighted by Crippen LogP contribution is -2.11. The fraction of sp³-hybridized carbons (Fsp3) is 0.182. The highest BCUT2D eigenvalue weighted by Crippen LogP contribution is 2.25. The summed E-state index contributed by atoms with van der Waals surface area (Å²) in [6.07, 6.45) is 3.16. The quantitative estimate of drug-likeness (QED) is 0.655. The number of benzene rings is 2. The summed E-state index contributed by atoms with van der Waals surface area (Å²) in [5.41, 5.74) is 4.16. The van der Waals surface area contributed by atoms with Gasteiger partial charge in [-0.25, -0.2) is 4.68 Å². The van der Waals surface area contributed by atoms with Crippen molar-refractivity contribution in [2.45, 2.75) is 13.8 Å². The van der Waals surface area contributed by atoms with E-state index in [4.69, 9.17) is 9.47 Å². The maximum Gasteiger partial charge on any atom is 0.248 e. The highest BCUT2D eigenvalue weighted by Gasteiger charge is 2.10. The highest BCUT2D eigenvalue weighted by atomic mass is 16.5. The summed E-state index contributed by atoms with van der Waals surface area (Å²) in [5, 5.41) is 7.42. The van der Waals surface area contributed by atoms with Gasteiger partial charge in [0.25, 0.3) is 0 Å². The molecule has 144 valence electrons. The van der Waals surface area contributed by atoms with Gasteiger partial charge in [0.05, 0.1) is 31.3 Å². The average molecular weight is 377 g/mol. The van der Waals surface area contributed by atoms with Crippen molar-refractivity contribution < 1.29 is 14.3 Å². The van der Waals surface area contributed by atoms with E-state index >= 15 is 0 Å². The Morgan fingerprint density at radius 3 is 2.54 bits per heavy atom. The number of amides is 1. The summed E-state index contributed by atoms with van der Waals surface area (Å²) in [5.74, 6) is 1.10. The number of carbonyl (C=O) groups is 1. The number of aryl methyl sites for hydroxylation is 2. The molecular formula is C22H23N3O3. The first kappa shape index (κ1) is 19.2. The van der Waals surface area contributed by atoms with Crippen molar-refractivity contribution in [3.8, 4) is 17.2 Å². The summed E-state index contributed by atoms with van der Waals surface area (Å²) in [6.45, 7) is 3.92. The Kier molecular flexibility index (Phi) is 5.79. The number of anilines is 1. The monoisotopic (exact) mass is 377 g/mol. The third-order valence-corrected chi connectivity index (χ3v) is 4.25. The van der Waals surface area contributed by atoms with E-state index in [0.29, 0.717) is 17.2 Å². The highest BCUT2D eigenvalue weighted by molar-refractivity contribution is 6.03. The van der Waals surface area contributed by atoms with Crippen molar-refractivity contribution >= 4 is 17.7 Å². The van der Waals surface area contributed by atoms with E-state index in [0.717, 1.165) is 22.6 Å². The Bertz CT molecular complexity index is 1020. The molecule has 1 N–H and O–H groups in total. The number of hydrogen-bond donors (Lipinski definition) is 1. The molecule has 0 fully saturated rings. The average Bonchev–Trinajstić information content (AvgIpc) is 3.04. The molecule has 1 amide bonds. The Labute approximate surface area is 164 Å². The van der Waals surface area contributed by atoms with Crippen LogP contribution in [-0.4, -0.2) is 29.9 Å². The van der Waals surface area contributed by atoms with Crippen LogP contribution in [-0.2, 0) is 4.79 Å². The van der Waals surface area contributed by atoms with Gasteiger partial charge in [-0.1, -0.05) is 12.1 Å². The molecule has 2 aromatic carbocycles. The van der Waals surface area contributed by atoms with Gasteiger partial charge in [-0.3, -0.25) is 4.79 Å². The van der Waals surface area contributed by atoms with Gasteiger partial charge in [0.15, 0.2) is 0 Å². The van der Waals surface area contributed by atoms with E-state index in [2.05, 4.69) is 10.4 Å². The zero-order chi connectivity index (χ0) is 20.1. The van der Waals surface area contributed by atoms with Gasteiger partial charge >= 0.3 is 0 Å². The van der Waals surface area contributed by atoms with Crippen LogP contribution in [0, 0.1) is 13.8 Å². The molecule has 1 heterocycles. The normalized spacial score (nSPS) is 10.9. The van der Waals surface area contributed by atoms with E-state index in [9.17, 15) is 4.79 Å². The van der Waals surface area contributed by atoms with E-state index in [1.165, 1.54) is 6.08 Å². The molecular weight excluding hydrogens is 354 g/mol. The molecule has 3 aromatic rings. The van der Waals surface area contributed by atoms with Gasteiger partial charge < -0.3 is 14.8 Å². The minimum absolute atomic E-state index is 0.251. The first-order valence-corrected chi connectivity index (χ1v) is 8.85. The van der Waals surface area contributed by atoms with E-state index < -0.39 is 0 Å². The Morgan fingerprint density at radius 1 is 1.07 bits per heavy atom. The Hall–Kier alpha value is -3.54. The number of hydrogen-bond acceptors (Lipinski definition) is 4. The lowest BCUT2D eigenvalue weighted by Gasteiger charge is -2.11. The fourth-order valence-electron chi connectivity index (χ4n) is 2.95. The molecule has 0 spiro atoms. The minimum Gasteiger partial charge on any atom is -0.497 e. The molecule has 6 heteroatoms. The van der Waals surface area contributed by atoms with Crippen LogP contribution in [0.5, 0.6) is 11.5 Å². The molecule has 0 radical (unpaired) electrons.